The van der Waals surface area contributed by atoms with E-state index >= 15 is 0 Å². The van der Waals surface area contributed by atoms with E-state index in [-0.39, 0.29) is 34.8 Å². The molecular formula is C38H43F3N6O10. The number of pyridine rings is 1. The number of alkyl halides is 3. The number of carbonyl (C=O) groups is 4. The number of ether oxygens (including phenoxy) is 5. The van der Waals surface area contributed by atoms with Gasteiger partial charge in [0.05, 0.1) is 41.5 Å². The average molecular weight is 801 g/mol. The fraction of sp³-hybridized carbons (Fsp3) is 0.447. The molecule has 4 aromatic rings. The molecule has 2 amide bonds. The first-order valence-corrected chi connectivity index (χ1v) is 18.1. The fourth-order valence-corrected chi connectivity index (χ4v) is 5.36. The number of oxazole rings is 1. The van der Waals surface area contributed by atoms with Crippen LogP contribution >= 0.6 is 0 Å². The molecule has 0 aliphatic carbocycles. The van der Waals surface area contributed by atoms with Crippen LogP contribution in [0.5, 0.6) is 0 Å². The zero-order valence-electron chi connectivity index (χ0n) is 32.0. The maximum atomic E-state index is 13.5. The third-order valence-corrected chi connectivity index (χ3v) is 7.87. The van der Waals surface area contributed by atoms with Crippen LogP contribution in [0.1, 0.15) is 86.8 Å². The first-order chi connectivity index (χ1) is 26.9. The van der Waals surface area contributed by atoms with E-state index in [1.54, 1.807) is 32.2 Å². The lowest BCUT2D eigenvalue weighted by Crippen LogP contribution is -2.42. The number of esters is 1. The number of nitrogens with one attached hydrogen (secondary N) is 1. The van der Waals surface area contributed by atoms with Gasteiger partial charge in [-0.1, -0.05) is 0 Å². The highest BCUT2D eigenvalue weighted by atomic mass is 19.4. The van der Waals surface area contributed by atoms with E-state index in [0.717, 1.165) is 31.6 Å². The molecule has 3 aromatic heterocycles. The Morgan fingerprint density at radius 3 is 2.49 bits per heavy atom. The number of hydrogen-bond acceptors (Lipinski definition) is 13. The second kappa shape index (κ2) is 18.4. The van der Waals surface area contributed by atoms with Gasteiger partial charge in [-0.25, -0.2) is 29.0 Å². The average Bonchev–Trinajstić information content (AvgIpc) is 3.80. The predicted octanol–water partition coefficient (Wildman–Crippen LogP) is 7.66. The van der Waals surface area contributed by atoms with Crippen molar-refractivity contribution in [1.82, 2.24) is 19.7 Å². The van der Waals surface area contributed by atoms with Crippen molar-refractivity contribution in [2.75, 3.05) is 30.0 Å². The monoisotopic (exact) mass is 800 g/mol. The van der Waals surface area contributed by atoms with E-state index < -0.39 is 48.6 Å². The highest BCUT2D eigenvalue weighted by Crippen LogP contribution is 2.28. The van der Waals surface area contributed by atoms with Gasteiger partial charge in [-0.2, -0.15) is 18.3 Å². The summed E-state index contributed by atoms with van der Waals surface area (Å²) in [7, 11) is 0. The summed E-state index contributed by atoms with van der Waals surface area (Å²) >= 11 is 0. The van der Waals surface area contributed by atoms with E-state index in [1.807, 2.05) is 0 Å². The van der Waals surface area contributed by atoms with Crippen LogP contribution in [0.3, 0.4) is 0 Å². The molecule has 1 atom stereocenters. The fourth-order valence-electron chi connectivity index (χ4n) is 5.36. The molecule has 306 valence electrons. The summed E-state index contributed by atoms with van der Waals surface area (Å²) in [5.74, 6) is -2.10. The van der Waals surface area contributed by atoms with E-state index in [4.69, 9.17) is 28.1 Å². The molecular weight excluding hydrogens is 757 g/mol. The standard InChI is InChI=1S/C38H43F3N6O10/c1-23(2)55-36(51)56-34(49)24-11-13-26(14-12-24)47-20-28(27(45-47)9-8-18-53-31-10-6-7-17-52-31)43-32(48)29-21-54-33(44-29)25-15-16-42-30(19-25)46(22-38(39,40)41)35(50)57-37(3,4)5/h11-16,19-21,23,31H,6-10,17-18,22H2,1-5H3,(H,43,48). The van der Waals surface area contributed by atoms with Crippen LogP contribution in [0.2, 0.25) is 0 Å². The van der Waals surface area contributed by atoms with Crippen LogP contribution < -0.4 is 10.2 Å². The summed E-state index contributed by atoms with van der Waals surface area (Å²) in [6.45, 7) is 7.13. The van der Waals surface area contributed by atoms with E-state index in [2.05, 4.69) is 20.4 Å². The molecule has 1 aliphatic rings. The minimum atomic E-state index is -4.77. The second-order valence-electron chi connectivity index (χ2n) is 14.1. The lowest BCUT2D eigenvalue weighted by atomic mass is 10.2. The van der Waals surface area contributed by atoms with Crippen LogP contribution in [-0.2, 0) is 30.1 Å². The van der Waals surface area contributed by atoms with Crippen LogP contribution in [0.4, 0.5) is 34.3 Å². The number of carbonyl (C=O) groups excluding carboxylic acids is 4. The number of halogens is 3. The zero-order chi connectivity index (χ0) is 41.3. The van der Waals surface area contributed by atoms with Crippen molar-refractivity contribution in [3.8, 4) is 17.1 Å². The molecule has 16 nitrogen and oxygen atoms in total. The number of benzene rings is 1. The summed E-state index contributed by atoms with van der Waals surface area (Å²) in [4.78, 5) is 59.0. The highest BCUT2D eigenvalue weighted by Gasteiger charge is 2.37. The molecule has 0 bridgehead atoms. The number of rotatable bonds is 13. The van der Waals surface area contributed by atoms with Gasteiger partial charge in [0.1, 0.15) is 24.2 Å². The Morgan fingerprint density at radius 2 is 1.82 bits per heavy atom. The number of nitrogens with zero attached hydrogens (tertiary/aromatic N) is 5. The van der Waals surface area contributed by atoms with Crippen molar-refractivity contribution in [1.29, 1.82) is 0 Å². The number of anilines is 2. The SMILES string of the molecule is CC(C)OC(=O)OC(=O)c1ccc(-n2cc(NC(=O)c3coc(-c4ccnc(N(CC(F)(F)F)C(=O)OC(C)(C)C)c4)n3)c(CCCOC3CCCCO3)n2)cc1. The van der Waals surface area contributed by atoms with Crippen molar-refractivity contribution >= 4 is 35.6 Å². The maximum Gasteiger partial charge on any atom is 0.516 e. The topological polar surface area (TPSA) is 186 Å². The van der Waals surface area contributed by atoms with Crippen LogP contribution in [0.15, 0.2) is 59.5 Å². The molecule has 1 saturated heterocycles. The van der Waals surface area contributed by atoms with Gasteiger partial charge in [0.25, 0.3) is 5.91 Å². The van der Waals surface area contributed by atoms with Gasteiger partial charge in [-0.05, 0) is 103 Å². The van der Waals surface area contributed by atoms with Gasteiger partial charge < -0.3 is 33.4 Å². The van der Waals surface area contributed by atoms with Gasteiger partial charge in [0, 0.05) is 18.4 Å². The quantitative estimate of drug-likeness (QED) is 0.0790. The minimum absolute atomic E-state index is 0.0866. The largest absolute Gasteiger partial charge is 0.516 e. The maximum absolute atomic E-state index is 13.5. The summed E-state index contributed by atoms with van der Waals surface area (Å²) in [6, 6.07) is 8.57. The molecule has 5 rings (SSSR count). The van der Waals surface area contributed by atoms with Crippen molar-refractivity contribution in [3.63, 3.8) is 0 Å². The van der Waals surface area contributed by atoms with Gasteiger partial charge in [0.15, 0.2) is 12.0 Å². The van der Waals surface area contributed by atoms with Crippen molar-refractivity contribution < 1.29 is 60.5 Å². The summed E-state index contributed by atoms with van der Waals surface area (Å²) in [5.41, 5.74) is 0.295. The Bertz CT molecular complexity index is 2020. The van der Waals surface area contributed by atoms with Gasteiger partial charge >= 0.3 is 24.4 Å². The lowest BCUT2D eigenvalue weighted by Gasteiger charge is -2.27. The molecule has 57 heavy (non-hydrogen) atoms. The van der Waals surface area contributed by atoms with Crippen molar-refractivity contribution in [2.24, 2.45) is 0 Å². The molecule has 1 aliphatic heterocycles. The molecule has 4 heterocycles. The Labute approximate surface area is 325 Å². The molecule has 19 heteroatoms. The molecule has 1 fully saturated rings. The molecule has 1 unspecified atom stereocenters. The first kappa shape index (κ1) is 42.3. The number of aryl methyl sites for hydroxylation is 1. The van der Waals surface area contributed by atoms with Crippen LogP contribution in [0.25, 0.3) is 17.1 Å². The van der Waals surface area contributed by atoms with Gasteiger partial charge in [0.2, 0.25) is 5.89 Å². The van der Waals surface area contributed by atoms with Crippen LogP contribution in [0, 0.1) is 0 Å². The third-order valence-electron chi connectivity index (χ3n) is 7.87. The molecule has 0 spiro atoms. The Hall–Kier alpha value is -5.82. The number of aromatic nitrogens is 4. The molecule has 0 radical (unpaired) electrons. The van der Waals surface area contributed by atoms with E-state index in [1.165, 1.54) is 49.8 Å². The zero-order valence-corrected chi connectivity index (χ0v) is 32.0. The molecule has 1 N–H and O–H groups in total. The lowest BCUT2D eigenvalue weighted by molar-refractivity contribution is -0.162. The van der Waals surface area contributed by atoms with Gasteiger partial charge in [-0.3, -0.25) is 9.69 Å². The Balaban J connectivity index is 1.34. The predicted molar refractivity (Wildman–Crippen MR) is 196 cm³/mol. The van der Waals surface area contributed by atoms with Crippen LogP contribution in [-0.4, -0.2) is 87.8 Å². The Kier molecular flexibility index (Phi) is 13.7. The van der Waals surface area contributed by atoms with Crippen molar-refractivity contribution in [3.05, 3.63) is 72.0 Å². The van der Waals surface area contributed by atoms with E-state index in [0.29, 0.717) is 48.0 Å². The van der Waals surface area contributed by atoms with Crippen molar-refractivity contribution in [2.45, 2.75) is 90.9 Å². The van der Waals surface area contributed by atoms with E-state index in [9.17, 15) is 32.3 Å². The normalized spacial score (nSPS) is 14.6. The molecule has 1 aromatic carbocycles. The minimum Gasteiger partial charge on any atom is -0.444 e. The molecule has 0 saturated carbocycles. The number of hydrogen-bond donors (Lipinski definition) is 1. The second-order valence-corrected chi connectivity index (χ2v) is 14.1. The Morgan fingerprint density at radius 1 is 1.07 bits per heavy atom. The summed E-state index contributed by atoms with van der Waals surface area (Å²) in [5, 5.41) is 7.45. The smallest absolute Gasteiger partial charge is 0.444 e. The first-order valence-electron chi connectivity index (χ1n) is 18.1. The summed E-state index contributed by atoms with van der Waals surface area (Å²) in [6.07, 6.45) is -0.384. The highest BCUT2D eigenvalue weighted by molar-refractivity contribution is 6.03. The third kappa shape index (κ3) is 12.6. The summed E-state index contributed by atoms with van der Waals surface area (Å²) < 4.78 is 73.7. The van der Waals surface area contributed by atoms with Gasteiger partial charge in [-0.15, -0.1) is 0 Å². The number of amides is 2.